The fraction of sp³-hybridized carbons (Fsp3) is 0.471. The molecule has 5 heteroatoms. The number of hydrogen-bond acceptors (Lipinski definition) is 3. The molecule has 0 unspecified atom stereocenters. The minimum absolute atomic E-state index is 0.0287. The van der Waals surface area contributed by atoms with Crippen LogP contribution in [-0.4, -0.2) is 16.6 Å². The van der Waals surface area contributed by atoms with Crippen molar-refractivity contribution in [2.24, 2.45) is 21.8 Å². The second-order valence-corrected chi connectivity index (χ2v) is 7.31. The van der Waals surface area contributed by atoms with E-state index in [0.717, 1.165) is 18.5 Å². The standard InChI is InChI=1S/C17H21N3OS/c1-16(2)12-9-10-17(16,3)14(21)13(12)19-20-15(22)18-11-7-5-4-6-8-11/h4-8,12H,9-10H2,1-3H3,(H2,18,20,22)/b19-13+/t12-,17-/m1/s1. The Hall–Kier alpha value is -1.75. The van der Waals surface area contributed by atoms with Gasteiger partial charge in [-0.1, -0.05) is 39.0 Å². The van der Waals surface area contributed by atoms with Crippen LogP contribution in [-0.2, 0) is 4.79 Å². The largest absolute Gasteiger partial charge is 0.331 e. The van der Waals surface area contributed by atoms with Crippen LogP contribution in [0.2, 0.25) is 0 Å². The van der Waals surface area contributed by atoms with Crippen LogP contribution in [0.1, 0.15) is 33.6 Å². The summed E-state index contributed by atoms with van der Waals surface area (Å²) in [5, 5.41) is 7.79. The third-order valence-corrected chi connectivity index (χ3v) is 5.79. The molecule has 2 aliphatic carbocycles. The molecule has 0 aromatic heterocycles. The smallest absolute Gasteiger partial charge is 0.191 e. The summed E-state index contributed by atoms with van der Waals surface area (Å²) in [5.41, 5.74) is 4.06. The van der Waals surface area contributed by atoms with Gasteiger partial charge in [-0.05, 0) is 42.6 Å². The molecule has 2 aliphatic rings. The number of ketones is 1. The van der Waals surface area contributed by atoms with E-state index in [9.17, 15) is 4.79 Å². The summed E-state index contributed by atoms with van der Waals surface area (Å²) in [4.78, 5) is 12.6. The van der Waals surface area contributed by atoms with Gasteiger partial charge in [-0.15, -0.1) is 0 Å². The van der Waals surface area contributed by atoms with Crippen molar-refractivity contribution in [3.63, 3.8) is 0 Å². The number of carbonyl (C=O) groups excluding carboxylic acids is 1. The van der Waals surface area contributed by atoms with Crippen molar-refractivity contribution in [2.75, 3.05) is 5.32 Å². The van der Waals surface area contributed by atoms with E-state index in [1.54, 1.807) is 0 Å². The molecule has 116 valence electrons. The zero-order valence-electron chi connectivity index (χ0n) is 13.1. The monoisotopic (exact) mass is 315 g/mol. The van der Waals surface area contributed by atoms with Crippen molar-refractivity contribution in [1.82, 2.24) is 5.43 Å². The molecule has 2 fully saturated rings. The van der Waals surface area contributed by atoms with Crippen LogP contribution >= 0.6 is 12.2 Å². The zero-order valence-corrected chi connectivity index (χ0v) is 14.0. The number of para-hydroxylation sites is 1. The normalized spacial score (nSPS) is 30.6. The molecule has 2 bridgehead atoms. The number of thiocarbonyl (C=S) groups is 1. The van der Waals surface area contributed by atoms with E-state index in [0.29, 0.717) is 10.8 Å². The van der Waals surface area contributed by atoms with E-state index in [1.807, 2.05) is 30.3 Å². The number of benzene rings is 1. The van der Waals surface area contributed by atoms with Gasteiger partial charge in [0, 0.05) is 17.0 Å². The Morgan fingerprint density at radius 2 is 1.95 bits per heavy atom. The Bertz CT molecular complexity index is 653. The maximum absolute atomic E-state index is 12.6. The first-order chi connectivity index (χ1) is 10.4. The summed E-state index contributed by atoms with van der Waals surface area (Å²) < 4.78 is 0. The maximum atomic E-state index is 12.6. The van der Waals surface area contributed by atoms with Gasteiger partial charge in [0.1, 0.15) is 5.71 Å². The predicted octanol–water partition coefficient (Wildman–Crippen LogP) is 3.35. The number of hydrazone groups is 1. The van der Waals surface area contributed by atoms with Gasteiger partial charge < -0.3 is 5.32 Å². The molecule has 0 radical (unpaired) electrons. The van der Waals surface area contributed by atoms with Gasteiger partial charge in [-0.25, -0.2) is 0 Å². The van der Waals surface area contributed by atoms with Crippen LogP contribution in [0.4, 0.5) is 5.69 Å². The van der Waals surface area contributed by atoms with E-state index in [1.165, 1.54) is 0 Å². The van der Waals surface area contributed by atoms with Gasteiger partial charge in [0.2, 0.25) is 0 Å². The van der Waals surface area contributed by atoms with E-state index in [-0.39, 0.29) is 22.5 Å². The third kappa shape index (κ3) is 2.15. The summed E-state index contributed by atoms with van der Waals surface area (Å²) >= 11 is 5.24. The Kier molecular flexibility index (Phi) is 3.56. The number of Topliss-reactive ketones (excluding diaryl/α,β-unsaturated/α-hetero) is 1. The van der Waals surface area contributed by atoms with Gasteiger partial charge >= 0.3 is 0 Å². The van der Waals surface area contributed by atoms with Crippen LogP contribution in [0.15, 0.2) is 35.4 Å². The van der Waals surface area contributed by atoms with Gasteiger partial charge in [-0.2, -0.15) is 5.10 Å². The lowest BCUT2D eigenvalue weighted by Crippen LogP contribution is -2.34. The number of rotatable bonds is 2. The first-order valence-corrected chi connectivity index (χ1v) is 8.01. The van der Waals surface area contributed by atoms with Crippen LogP contribution in [0.25, 0.3) is 0 Å². The second kappa shape index (κ2) is 5.16. The topological polar surface area (TPSA) is 53.5 Å². The molecule has 1 aromatic rings. The van der Waals surface area contributed by atoms with Crippen LogP contribution in [0.5, 0.6) is 0 Å². The zero-order chi connectivity index (χ0) is 16.0. The van der Waals surface area contributed by atoms with Crippen molar-refractivity contribution in [3.05, 3.63) is 30.3 Å². The summed E-state index contributed by atoms with van der Waals surface area (Å²) in [5.74, 6) is 0.390. The van der Waals surface area contributed by atoms with Crippen molar-refractivity contribution < 1.29 is 4.79 Å². The molecule has 1 aromatic carbocycles. The highest BCUT2D eigenvalue weighted by molar-refractivity contribution is 7.80. The number of hydrogen-bond donors (Lipinski definition) is 2. The van der Waals surface area contributed by atoms with Crippen LogP contribution < -0.4 is 10.7 Å². The number of nitrogens with zero attached hydrogens (tertiary/aromatic N) is 1. The highest BCUT2D eigenvalue weighted by Crippen LogP contribution is 2.62. The number of carbonyl (C=O) groups is 1. The molecule has 0 saturated heterocycles. The Labute approximate surface area is 136 Å². The lowest BCUT2D eigenvalue weighted by atomic mass is 9.70. The van der Waals surface area contributed by atoms with Gasteiger partial charge in [0.15, 0.2) is 10.9 Å². The molecule has 22 heavy (non-hydrogen) atoms. The molecular formula is C17H21N3OS. The lowest BCUT2D eigenvalue weighted by molar-refractivity contribution is -0.123. The molecule has 2 saturated carbocycles. The maximum Gasteiger partial charge on any atom is 0.191 e. The average molecular weight is 315 g/mol. The van der Waals surface area contributed by atoms with E-state index in [2.05, 4.69) is 36.6 Å². The first kappa shape index (κ1) is 15.2. The van der Waals surface area contributed by atoms with Crippen molar-refractivity contribution in [1.29, 1.82) is 0 Å². The van der Waals surface area contributed by atoms with Crippen molar-refractivity contribution >= 4 is 34.5 Å². The van der Waals surface area contributed by atoms with E-state index < -0.39 is 0 Å². The molecule has 2 N–H and O–H groups in total. The average Bonchev–Trinajstić information content (AvgIpc) is 2.79. The molecule has 0 heterocycles. The number of nitrogens with one attached hydrogen (secondary N) is 2. The molecule has 3 rings (SSSR count). The predicted molar refractivity (Wildman–Crippen MR) is 92.9 cm³/mol. The number of anilines is 1. The van der Waals surface area contributed by atoms with Crippen LogP contribution in [0.3, 0.4) is 0 Å². The van der Waals surface area contributed by atoms with Gasteiger partial charge in [0.25, 0.3) is 0 Å². The Balaban J connectivity index is 1.72. The minimum atomic E-state index is -0.285. The molecule has 0 aliphatic heterocycles. The van der Waals surface area contributed by atoms with Crippen molar-refractivity contribution in [3.8, 4) is 0 Å². The van der Waals surface area contributed by atoms with E-state index in [4.69, 9.17) is 12.2 Å². The number of fused-ring (bicyclic) bond motifs is 2. The second-order valence-electron chi connectivity index (χ2n) is 6.90. The lowest BCUT2D eigenvalue weighted by Gasteiger charge is -2.31. The SMILES string of the molecule is CC1(C)[C@@H]2CC[C@]1(C)C(=O)/C2=N/NC(=S)Nc1ccccc1. The van der Waals surface area contributed by atoms with E-state index >= 15 is 0 Å². The molecule has 4 nitrogen and oxygen atoms in total. The molecular weight excluding hydrogens is 294 g/mol. The molecule has 2 atom stereocenters. The van der Waals surface area contributed by atoms with Crippen molar-refractivity contribution in [2.45, 2.75) is 33.6 Å². The van der Waals surface area contributed by atoms with Gasteiger partial charge in [-0.3, -0.25) is 10.2 Å². The quantitative estimate of drug-likeness (QED) is 0.649. The highest BCUT2D eigenvalue weighted by atomic mass is 32.1. The van der Waals surface area contributed by atoms with Crippen LogP contribution in [0, 0.1) is 16.7 Å². The minimum Gasteiger partial charge on any atom is -0.331 e. The Morgan fingerprint density at radius 3 is 2.55 bits per heavy atom. The Morgan fingerprint density at radius 1 is 1.27 bits per heavy atom. The molecule has 0 amide bonds. The fourth-order valence-corrected chi connectivity index (χ4v) is 3.91. The third-order valence-electron chi connectivity index (χ3n) is 5.60. The summed E-state index contributed by atoms with van der Waals surface area (Å²) in [6.07, 6.45) is 1.98. The fourth-order valence-electron chi connectivity index (χ4n) is 3.75. The summed E-state index contributed by atoms with van der Waals surface area (Å²) in [6.45, 7) is 6.41. The highest BCUT2D eigenvalue weighted by Gasteiger charge is 2.65. The summed E-state index contributed by atoms with van der Waals surface area (Å²) in [7, 11) is 0. The van der Waals surface area contributed by atoms with Gasteiger partial charge in [0.05, 0.1) is 0 Å². The first-order valence-electron chi connectivity index (χ1n) is 7.61. The summed E-state index contributed by atoms with van der Waals surface area (Å²) in [6, 6.07) is 9.65. The molecule has 0 spiro atoms.